The number of hydrogen-bond donors (Lipinski definition) is 0. The molecule has 0 radical (unpaired) electrons. The molecule has 0 bridgehead atoms. The van der Waals surface area contributed by atoms with Gasteiger partial charge in [-0.2, -0.15) is 0 Å². The Kier molecular flexibility index (Phi) is 9.70. The van der Waals surface area contributed by atoms with Crippen molar-refractivity contribution >= 4 is 25.9 Å². The summed E-state index contributed by atoms with van der Waals surface area (Å²) in [5.41, 5.74) is 0. The number of halogens is 1. The molecule has 0 amide bonds. The van der Waals surface area contributed by atoms with Crippen LogP contribution in [0.25, 0.3) is 0 Å². The van der Waals surface area contributed by atoms with Crippen molar-refractivity contribution in [3.63, 3.8) is 0 Å². The lowest BCUT2D eigenvalue weighted by Crippen LogP contribution is -2.45. The molecule has 0 saturated heterocycles. The summed E-state index contributed by atoms with van der Waals surface area (Å²) in [6, 6.07) is 7.49. The number of fused-ring (bicyclic) bond motifs is 1. The van der Waals surface area contributed by atoms with E-state index in [2.05, 4.69) is 65.1 Å². The van der Waals surface area contributed by atoms with Gasteiger partial charge in [-0.3, -0.25) is 4.79 Å². The van der Waals surface area contributed by atoms with E-state index in [-0.39, 0.29) is 23.2 Å². The molecule has 1 heterocycles. The van der Waals surface area contributed by atoms with E-state index in [4.69, 9.17) is 25.5 Å². The molecule has 194 valence electrons. The van der Waals surface area contributed by atoms with E-state index in [0.717, 1.165) is 31.4 Å². The van der Waals surface area contributed by atoms with Crippen molar-refractivity contribution in [2.45, 2.75) is 90.1 Å². The fraction of sp³-hybridized carbons (Fsp3) is 0.621. The van der Waals surface area contributed by atoms with Crippen LogP contribution in [-0.4, -0.2) is 33.1 Å². The van der Waals surface area contributed by atoms with Gasteiger partial charge in [0.1, 0.15) is 18.5 Å². The molecule has 0 spiro atoms. The normalized spacial score (nSPS) is 27.8. The third-order valence-corrected chi connectivity index (χ3v) is 12.6. The van der Waals surface area contributed by atoms with Crippen molar-refractivity contribution in [3.8, 4) is 5.75 Å². The highest BCUT2D eigenvalue weighted by Gasteiger charge is 2.42. The zero-order valence-corrected chi connectivity index (χ0v) is 24.0. The van der Waals surface area contributed by atoms with E-state index in [9.17, 15) is 4.79 Å². The zero-order chi connectivity index (χ0) is 25.6. The van der Waals surface area contributed by atoms with Crippen LogP contribution in [0, 0.1) is 17.8 Å². The van der Waals surface area contributed by atoms with Crippen molar-refractivity contribution in [2.75, 3.05) is 6.61 Å². The van der Waals surface area contributed by atoms with Gasteiger partial charge in [-0.1, -0.05) is 69.7 Å². The third kappa shape index (κ3) is 7.96. The highest BCUT2D eigenvalue weighted by molar-refractivity contribution is 6.74. The first-order chi connectivity index (χ1) is 16.5. The number of hydrogen-bond acceptors (Lipinski definition) is 4. The SMILES string of the molecule is C[C@@H]1C[C@@H]2OC(=O)CCC/C=C\C[C@@H]2[C@H]1/C=C/[C@H](COc1cccc(Cl)c1)O[Si](C)(C)C(C)(C)C. The molecular formula is C29H43ClO4Si. The number of rotatable bonds is 7. The Morgan fingerprint density at radius 3 is 2.74 bits per heavy atom. The van der Waals surface area contributed by atoms with Gasteiger partial charge < -0.3 is 13.9 Å². The standard InChI is InChI=1S/C29H43ClO4Si/c1-21-18-27-26(14-9-7-8-10-15-28(31)33-27)25(21)17-16-24(34-35(5,6)29(2,3)4)20-32-23-13-11-12-22(30)19-23/h7,9,11-13,16-17,19,21,24-27H,8,10,14-15,18,20H2,1-6H3/b9-7-,17-16+/t21-,24-,25+,26-,27+/m1/s1. The smallest absolute Gasteiger partial charge is 0.306 e. The van der Waals surface area contributed by atoms with Gasteiger partial charge in [0.15, 0.2) is 8.32 Å². The Labute approximate surface area is 218 Å². The molecule has 35 heavy (non-hydrogen) atoms. The van der Waals surface area contributed by atoms with Crippen molar-refractivity contribution < 1.29 is 18.7 Å². The second-order valence-electron chi connectivity index (χ2n) is 11.7. The summed E-state index contributed by atoms with van der Waals surface area (Å²) >= 11 is 6.15. The number of carbonyl (C=O) groups is 1. The molecule has 1 aliphatic carbocycles. The fourth-order valence-corrected chi connectivity index (χ4v) is 6.22. The first kappa shape index (κ1) is 28.0. The minimum atomic E-state index is -2.02. The highest BCUT2D eigenvalue weighted by Crippen LogP contribution is 2.43. The van der Waals surface area contributed by atoms with Crippen LogP contribution in [0.3, 0.4) is 0 Å². The minimum absolute atomic E-state index is 0.0163. The van der Waals surface area contributed by atoms with Gasteiger partial charge in [0, 0.05) is 17.4 Å². The second-order valence-corrected chi connectivity index (χ2v) is 16.8. The van der Waals surface area contributed by atoms with Crippen molar-refractivity contribution in [3.05, 3.63) is 53.6 Å². The maximum absolute atomic E-state index is 12.3. The highest BCUT2D eigenvalue weighted by atomic mass is 35.5. The lowest BCUT2D eigenvalue weighted by molar-refractivity contribution is -0.151. The van der Waals surface area contributed by atoms with Gasteiger partial charge in [-0.15, -0.1) is 0 Å². The number of allylic oxidation sites excluding steroid dienone is 3. The Morgan fingerprint density at radius 1 is 1.26 bits per heavy atom. The van der Waals surface area contributed by atoms with Gasteiger partial charge in [0.05, 0.1) is 6.10 Å². The molecule has 6 heteroatoms. The topological polar surface area (TPSA) is 44.8 Å². The molecule has 1 aromatic rings. The van der Waals surface area contributed by atoms with Crippen LogP contribution in [0.4, 0.5) is 0 Å². The van der Waals surface area contributed by atoms with E-state index < -0.39 is 8.32 Å². The first-order valence-electron chi connectivity index (χ1n) is 13.1. The largest absolute Gasteiger partial charge is 0.491 e. The molecule has 5 atom stereocenters. The van der Waals surface area contributed by atoms with Crippen LogP contribution in [0.1, 0.15) is 59.8 Å². The third-order valence-electron chi connectivity index (χ3n) is 7.85. The van der Waals surface area contributed by atoms with E-state index >= 15 is 0 Å². The Balaban J connectivity index is 1.79. The van der Waals surface area contributed by atoms with Crippen LogP contribution >= 0.6 is 11.6 Å². The van der Waals surface area contributed by atoms with E-state index in [1.165, 1.54) is 0 Å². The summed E-state index contributed by atoms with van der Waals surface area (Å²) in [7, 11) is -2.02. The van der Waals surface area contributed by atoms with Crippen LogP contribution < -0.4 is 4.74 Å². The molecule has 1 aliphatic heterocycles. The molecule has 1 saturated carbocycles. The number of benzene rings is 1. The molecule has 2 aliphatic rings. The monoisotopic (exact) mass is 518 g/mol. The Morgan fingerprint density at radius 2 is 2.03 bits per heavy atom. The molecule has 0 N–H and O–H groups in total. The average Bonchev–Trinajstić information content (AvgIpc) is 3.05. The fourth-order valence-electron chi connectivity index (χ4n) is 4.78. The number of ether oxygens (including phenoxy) is 2. The molecular weight excluding hydrogens is 476 g/mol. The summed E-state index contributed by atoms with van der Waals surface area (Å²) in [5, 5.41) is 0.750. The van der Waals surface area contributed by atoms with Gasteiger partial charge >= 0.3 is 5.97 Å². The summed E-state index contributed by atoms with van der Waals surface area (Å²) in [5.74, 6) is 1.75. The second kappa shape index (κ2) is 12.1. The average molecular weight is 519 g/mol. The number of esters is 1. The molecule has 4 nitrogen and oxygen atoms in total. The van der Waals surface area contributed by atoms with Crippen molar-refractivity contribution in [1.29, 1.82) is 0 Å². The summed E-state index contributed by atoms with van der Waals surface area (Å²) < 4.78 is 18.8. The van der Waals surface area contributed by atoms with Crippen molar-refractivity contribution in [2.24, 2.45) is 17.8 Å². The number of carbonyl (C=O) groups excluding carboxylic acids is 1. The van der Waals surface area contributed by atoms with E-state index in [0.29, 0.717) is 35.8 Å². The maximum Gasteiger partial charge on any atom is 0.306 e. The van der Waals surface area contributed by atoms with Crippen LogP contribution in [0.2, 0.25) is 23.2 Å². The molecule has 0 unspecified atom stereocenters. The molecule has 0 aromatic heterocycles. The predicted molar refractivity (Wildman–Crippen MR) is 146 cm³/mol. The maximum atomic E-state index is 12.3. The van der Waals surface area contributed by atoms with Crippen LogP contribution in [-0.2, 0) is 14.0 Å². The summed E-state index contributed by atoms with van der Waals surface area (Å²) in [6.45, 7) is 14.0. The Bertz CT molecular complexity index is 904. The molecule has 1 fully saturated rings. The molecule has 3 rings (SSSR count). The quantitative estimate of drug-likeness (QED) is 0.208. The van der Waals surface area contributed by atoms with E-state index in [1.54, 1.807) is 0 Å². The Hall–Kier alpha value is -1.56. The van der Waals surface area contributed by atoms with Gasteiger partial charge in [-0.25, -0.2) is 0 Å². The molecule has 1 aromatic carbocycles. The van der Waals surface area contributed by atoms with E-state index in [1.807, 2.05) is 24.3 Å². The lowest BCUT2D eigenvalue weighted by atomic mass is 9.86. The van der Waals surface area contributed by atoms with Crippen LogP contribution in [0.5, 0.6) is 5.75 Å². The summed E-state index contributed by atoms with van der Waals surface area (Å²) in [6.07, 6.45) is 13.0. The predicted octanol–water partition coefficient (Wildman–Crippen LogP) is 7.98. The van der Waals surface area contributed by atoms with Crippen molar-refractivity contribution in [1.82, 2.24) is 0 Å². The van der Waals surface area contributed by atoms with Gasteiger partial charge in [-0.05, 0) is 73.9 Å². The first-order valence-corrected chi connectivity index (χ1v) is 16.3. The van der Waals surface area contributed by atoms with Gasteiger partial charge in [0.2, 0.25) is 0 Å². The lowest BCUT2D eigenvalue weighted by Gasteiger charge is -2.38. The zero-order valence-electron chi connectivity index (χ0n) is 22.3. The van der Waals surface area contributed by atoms with Crippen LogP contribution in [0.15, 0.2) is 48.6 Å². The minimum Gasteiger partial charge on any atom is -0.491 e. The van der Waals surface area contributed by atoms with Gasteiger partial charge in [0.25, 0.3) is 0 Å². The summed E-state index contributed by atoms with van der Waals surface area (Å²) in [4.78, 5) is 12.3.